The van der Waals surface area contributed by atoms with E-state index in [0.29, 0.717) is 27.9 Å². The third kappa shape index (κ3) is 4.40. The normalized spacial score (nSPS) is 13.9. The Labute approximate surface area is 173 Å². The highest BCUT2D eigenvalue weighted by Gasteiger charge is 2.32. The molecule has 6 nitrogen and oxygen atoms in total. The van der Waals surface area contributed by atoms with E-state index in [1.165, 1.54) is 11.3 Å². The number of aromatic nitrogens is 2. The summed E-state index contributed by atoms with van der Waals surface area (Å²) in [6.45, 7) is 6.04. The van der Waals surface area contributed by atoms with Crippen molar-refractivity contribution in [2.45, 2.75) is 45.1 Å². The van der Waals surface area contributed by atoms with Gasteiger partial charge in [0.1, 0.15) is 11.4 Å². The monoisotopic (exact) mass is 409 g/mol. The van der Waals surface area contributed by atoms with Crippen molar-refractivity contribution in [1.82, 2.24) is 9.78 Å². The van der Waals surface area contributed by atoms with E-state index in [4.69, 9.17) is 4.74 Å². The van der Waals surface area contributed by atoms with Gasteiger partial charge in [-0.25, -0.2) is 4.79 Å². The highest BCUT2D eigenvalue weighted by Crippen LogP contribution is 2.40. The quantitative estimate of drug-likeness (QED) is 0.473. The lowest BCUT2D eigenvalue weighted by Gasteiger charge is -2.21. The fraction of sp³-hybridized carbons (Fsp3) is 0.318. The molecule has 2 heterocycles. The van der Waals surface area contributed by atoms with E-state index in [2.05, 4.69) is 10.4 Å². The minimum absolute atomic E-state index is 0.161. The van der Waals surface area contributed by atoms with Crippen molar-refractivity contribution < 1.29 is 14.3 Å². The molecule has 0 atom stereocenters. The molecule has 0 saturated heterocycles. The summed E-state index contributed by atoms with van der Waals surface area (Å²) in [4.78, 5) is 25.6. The van der Waals surface area contributed by atoms with Gasteiger partial charge in [-0.05, 0) is 75.4 Å². The van der Waals surface area contributed by atoms with E-state index in [0.717, 1.165) is 18.5 Å². The fourth-order valence-corrected chi connectivity index (χ4v) is 3.62. The Hall–Kier alpha value is -2.93. The zero-order valence-corrected chi connectivity index (χ0v) is 17.5. The Bertz CT molecular complexity index is 1030. The molecule has 1 saturated carbocycles. The van der Waals surface area contributed by atoms with Crippen molar-refractivity contribution in [2.75, 3.05) is 5.32 Å². The van der Waals surface area contributed by atoms with Gasteiger partial charge in [0, 0.05) is 11.6 Å². The second-order valence-corrected chi connectivity index (χ2v) is 9.10. The molecule has 2 aromatic heterocycles. The largest absolute Gasteiger partial charge is 0.422 e. The van der Waals surface area contributed by atoms with Gasteiger partial charge in [0.25, 0.3) is 5.91 Å². The number of anilines is 1. The van der Waals surface area contributed by atoms with Crippen LogP contribution in [0.2, 0.25) is 0 Å². The molecule has 150 valence electrons. The van der Waals surface area contributed by atoms with Gasteiger partial charge in [0.15, 0.2) is 0 Å². The molecule has 1 fully saturated rings. The Kier molecular flexibility index (Phi) is 5.00. The maximum absolute atomic E-state index is 12.8. The van der Waals surface area contributed by atoms with Crippen LogP contribution >= 0.6 is 11.3 Å². The highest BCUT2D eigenvalue weighted by atomic mass is 32.1. The molecular weight excluding hydrogens is 386 g/mol. The first kappa shape index (κ1) is 19.4. The van der Waals surface area contributed by atoms with E-state index in [1.807, 2.05) is 38.3 Å². The van der Waals surface area contributed by atoms with Crippen molar-refractivity contribution >= 4 is 28.9 Å². The van der Waals surface area contributed by atoms with Crippen LogP contribution in [0.4, 0.5) is 5.69 Å². The molecular formula is C22H23N3O3S. The number of nitrogens with one attached hydrogen (secondary N) is 1. The molecule has 0 aliphatic heterocycles. The van der Waals surface area contributed by atoms with Gasteiger partial charge in [-0.2, -0.15) is 5.10 Å². The molecule has 1 N–H and O–H groups in total. The van der Waals surface area contributed by atoms with Crippen molar-refractivity contribution in [3.05, 3.63) is 64.1 Å². The van der Waals surface area contributed by atoms with Gasteiger partial charge in [-0.15, -0.1) is 11.3 Å². The maximum Gasteiger partial charge on any atom is 0.362 e. The number of carbonyl (C=O) groups excluding carboxylic acids is 2. The zero-order valence-electron chi connectivity index (χ0n) is 16.6. The van der Waals surface area contributed by atoms with Crippen LogP contribution in [0.25, 0.3) is 0 Å². The maximum atomic E-state index is 12.8. The Balaban J connectivity index is 1.47. The number of nitrogens with zero attached hydrogens (tertiary/aromatic N) is 2. The smallest absolute Gasteiger partial charge is 0.362 e. The molecule has 1 aliphatic carbocycles. The van der Waals surface area contributed by atoms with E-state index in [1.54, 1.807) is 35.0 Å². The molecule has 29 heavy (non-hydrogen) atoms. The second kappa shape index (κ2) is 7.48. The molecule has 1 aliphatic rings. The Morgan fingerprint density at radius 1 is 1.17 bits per heavy atom. The predicted octanol–water partition coefficient (Wildman–Crippen LogP) is 5.05. The van der Waals surface area contributed by atoms with Crippen molar-refractivity contribution in [3.63, 3.8) is 0 Å². The van der Waals surface area contributed by atoms with Crippen LogP contribution in [-0.4, -0.2) is 21.7 Å². The van der Waals surface area contributed by atoms with Crippen LogP contribution in [0.15, 0.2) is 47.8 Å². The first-order valence-electron chi connectivity index (χ1n) is 9.59. The molecule has 4 rings (SSSR count). The van der Waals surface area contributed by atoms with Crippen molar-refractivity contribution in [3.8, 4) is 5.75 Å². The first-order chi connectivity index (χ1) is 13.8. The van der Waals surface area contributed by atoms with Gasteiger partial charge in [0.2, 0.25) is 0 Å². The fourth-order valence-electron chi connectivity index (χ4n) is 3.00. The summed E-state index contributed by atoms with van der Waals surface area (Å²) in [5.74, 6) is 0.274. The van der Waals surface area contributed by atoms with E-state index < -0.39 is 5.97 Å². The topological polar surface area (TPSA) is 73.2 Å². The molecule has 0 radical (unpaired) electrons. The van der Waals surface area contributed by atoms with Crippen LogP contribution < -0.4 is 10.1 Å². The predicted molar refractivity (Wildman–Crippen MR) is 113 cm³/mol. The number of ether oxygens (including phenoxy) is 1. The van der Waals surface area contributed by atoms with Crippen molar-refractivity contribution in [1.29, 1.82) is 0 Å². The number of thiophene rings is 1. The third-order valence-corrected chi connectivity index (χ3v) is 5.50. The average Bonchev–Trinajstić information content (AvgIpc) is 3.19. The number of amides is 1. The number of rotatable bonds is 5. The first-order valence-corrected chi connectivity index (χ1v) is 10.5. The number of benzene rings is 1. The summed E-state index contributed by atoms with van der Waals surface area (Å²) < 4.78 is 7.32. The summed E-state index contributed by atoms with van der Waals surface area (Å²) in [5, 5.41) is 9.33. The summed E-state index contributed by atoms with van der Waals surface area (Å²) >= 11 is 1.38. The van der Waals surface area contributed by atoms with Crippen molar-refractivity contribution in [2.24, 2.45) is 0 Å². The minimum Gasteiger partial charge on any atom is -0.422 e. The SMILES string of the molecule is CC(C)(C)n1nc(C2CC2)cc1C(=O)Oc1ccc(NC(=O)c2cccs2)cc1. The molecule has 1 aromatic carbocycles. The number of hydrogen-bond donors (Lipinski definition) is 1. The molecule has 1 amide bonds. The van der Waals surface area contributed by atoms with Gasteiger partial charge in [-0.3, -0.25) is 9.48 Å². The molecule has 0 unspecified atom stereocenters. The van der Waals surface area contributed by atoms with Gasteiger partial charge in [0.05, 0.1) is 16.1 Å². The third-order valence-electron chi connectivity index (χ3n) is 4.64. The molecule has 0 spiro atoms. The summed E-state index contributed by atoms with van der Waals surface area (Å²) in [6, 6.07) is 12.2. The molecule has 7 heteroatoms. The summed E-state index contributed by atoms with van der Waals surface area (Å²) in [7, 11) is 0. The van der Waals surface area contributed by atoms with Gasteiger partial charge >= 0.3 is 5.97 Å². The summed E-state index contributed by atoms with van der Waals surface area (Å²) in [5.41, 5.74) is 1.73. The molecule has 3 aromatic rings. The Morgan fingerprint density at radius 2 is 1.90 bits per heavy atom. The zero-order chi connectivity index (χ0) is 20.6. The van der Waals surface area contributed by atoms with Crippen LogP contribution in [0.5, 0.6) is 5.75 Å². The van der Waals surface area contributed by atoms with Gasteiger partial charge < -0.3 is 10.1 Å². The number of carbonyl (C=O) groups is 2. The number of hydrogen-bond acceptors (Lipinski definition) is 5. The van der Waals surface area contributed by atoms with E-state index >= 15 is 0 Å². The minimum atomic E-state index is -0.435. The lowest BCUT2D eigenvalue weighted by Crippen LogP contribution is -2.28. The van der Waals surface area contributed by atoms with E-state index in [9.17, 15) is 9.59 Å². The molecule has 0 bridgehead atoms. The lowest BCUT2D eigenvalue weighted by molar-refractivity contribution is 0.0713. The highest BCUT2D eigenvalue weighted by molar-refractivity contribution is 7.12. The summed E-state index contributed by atoms with van der Waals surface area (Å²) in [6.07, 6.45) is 2.24. The number of esters is 1. The van der Waals surface area contributed by atoms with Crippen LogP contribution in [0, 0.1) is 0 Å². The Morgan fingerprint density at radius 3 is 2.48 bits per heavy atom. The van der Waals surface area contributed by atoms with E-state index in [-0.39, 0.29) is 11.4 Å². The van der Waals surface area contributed by atoms with Crippen LogP contribution in [0.3, 0.4) is 0 Å². The van der Waals surface area contributed by atoms with Crippen LogP contribution in [0.1, 0.15) is 65.4 Å². The van der Waals surface area contributed by atoms with Crippen LogP contribution in [-0.2, 0) is 5.54 Å². The standard InChI is InChI=1S/C22H23N3O3S/c1-22(2,3)25-18(13-17(24-25)14-6-7-14)21(27)28-16-10-8-15(9-11-16)23-20(26)19-5-4-12-29-19/h4-5,8-14H,6-7H2,1-3H3,(H,23,26). The lowest BCUT2D eigenvalue weighted by atomic mass is 10.1. The second-order valence-electron chi connectivity index (χ2n) is 8.16. The average molecular weight is 410 g/mol. The van der Waals surface area contributed by atoms with Gasteiger partial charge in [-0.1, -0.05) is 6.07 Å².